The molecule has 1 N–H and O–H groups in total. The molecule has 1 aromatic rings. The van der Waals surface area contributed by atoms with Crippen LogP contribution in [0.5, 0.6) is 0 Å². The van der Waals surface area contributed by atoms with Gasteiger partial charge in [0.25, 0.3) is 0 Å². The molecule has 0 atom stereocenters. The lowest BCUT2D eigenvalue weighted by Gasteiger charge is -2.16. The molecule has 0 aromatic carbocycles. The lowest BCUT2D eigenvalue weighted by Crippen LogP contribution is -2.28. The van der Waals surface area contributed by atoms with E-state index in [0.717, 1.165) is 41.0 Å². The molecule has 4 nitrogen and oxygen atoms in total. The van der Waals surface area contributed by atoms with Crippen LogP contribution in [0, 0.1) is 0 Å². The van der Waals surface area contributed by atoms with Crippen molar-refractivity contribution in [3.63, 3.8) is 0 Å². The van der Waals surface area contributed by atoms with Crippen LogP contribution in [0.4, 0.5) is 5.82 Å². The quantitative estimate of drug-likeness (QED) is 0.804. The summed E-state index contributed by atoms with van der Waals surface area (Å²) in [5.41, 5.74) is 0. The molecule has 6 heteroatoms. The molecular weight excluding hydrogens is 350 g/mol. The lowest BCUT2D eigenvalue weighted by molar-refractivity contribution is 0.163. The van der Waals surface area contributed by atoms with Gasteiger partial charge in [0.1, 0.15) is 5.82 Å². The van der Waals surface area contributed by atoms with E-state index in [9.17, 15) is 0 Å². The summed E-state index contributed by atoms with van der Waals surface area (Å²) in [5, 5.41) is 3.29. The number of nitrogens with one attached hydrogen (secondary N) is 1. The second-order valence-corrected chi connectivity index (χ2v) is 5.48. The SMILES string of the molecule is COCCN(C)CCNc1ncc(Br)cc1Br. The van der Waals surface area contributed by atoms with E-state index < -0.39 is 0 Å². The van der Waals surface area contributed by atoms with E-state index in [2.05, 4.69) is 54.1 Å². The van der Waals surface area contributed by atoms with E-state index in [1.165, 1.54) is 0 Å². The van der Waals surface area contributed by atoms with E-state index in [1.807, 2.05) is 6.07 Å². The van der Waals surface area contributed by atoms with E-state index in [4.69, 9.17) is 4.74 Å². The minimum Gasteiger partial charge on any atom is -0.383 e. The molecule has 96 valence electrons. The highest BCUT2D eigenvalue weighted by molar-refractivity contribution is 9.11. The van der Waals surface area contributed by atoms with Crippen LogP contribution in [0.3, 0.4) is 0 Å². The van der Waals surface area contributed by atoms with Gasteiger partial charge in [-0.3, -0.25) is 0 Å². The molecule has 0 unspecified atom stereocenters. The average molecular weight is 367 g/mol. The number of ether oxygens (including phenoxy) is 1. The van der Waals surface area contributed by atoms with E-state index in [-0.39, 0.29) is 0 Å². The van der Waals surface area contributed by atoms with Crippen LogP contribution < -0.4 is 5.32 Å². The summed E-state index contributed by atoms with van der Waals surface area (Å²) in [7, 11) is 3.79. The Bertz CT molecular complexity index is 349. The Labute approximate surface area is 119 Å². The van der Waals surface area contributed by atoms with Gasteiger partial charge in [0.05, 0.1) is 11.1 Å². The van der Waals surface area contributed by atoms with Crippen molar-refractivity contribution < 1.29 is 4.74 Å². The van der Waals surface area contributed by atoms with Crippen molar-refractivity contribution >= 4 is 37.7 Å². The topological polar surface area (TPSA) is 37.4 Å². The fourth-order valence-corrected chi connectivity index (χ4v) is 2.40. The normalized spacial score (nSPS) is 10.9. The van der Waals surface area contributed by atoms with Crippen molar-refractivity contribution in [1.82, 2.24) is 9.88 Å². The van der Waals surface area contributed by atoms with Crippen molar-refractivity contribution in [1.29, 1.82) is 0 Å². The summed E-state index contributed by atoms with van der Waals surface area (Å²) in [6.45, 7) is 3.50. The van der Waals surface area contributed by atoms with E-state index >= 15 is 0 Å². The van der Waals surface area contributed by atoms with Gasteiger partial charge in [-0.25, -0.2) is 4.98 Å². The summed E-state index contributed by atoms with van der Waals surface area (Å²) in [4.78, 5) is 6.50. The zero-order chi connectivity index (χ0) is 12.7. The molecule has 0 aliphatic carbocycles. The number of likely N-dealkylation sites (N-methyl/N-ethyl adjacent to an activating group) is 1. The number of rotatable bonds is 7. The first kappa shape index (κ1) is 14.9. The maximum atomic E-state index is 5.02. The summed E-state index contributed by atoms with van der Waals surface area (Å²) < 4.78 is 6.95. The minimum absolute atomic E-state index is 0.761. The first-order valence-corrected chi connectivity index (χ1v) is 6.94. The number of nitrogens with zero attached hydrogens (tertiary/aromatic N) is 2. The van der Waals surface area contributed by atoms with Crippen LogP contribution >= 0.6 is 31.9 Å². The van der Waals surface area contributed by atoms with Crippen LogP contribution in [0.1, 0.15) is 0 Å². The highest BCUT2D eigenvalue weighted by Crippen LogP contribution is 2.23. The predicted molar refractivity (Wildman–Crippen MR) is 77.5 cm³/mol. The maximum absolute atomic E-state index is 5.02. The Balaban J connectivity index is 2.30. The van der Waals surface area contributed by atoms with Gasteiger partial charge in [0.2, 0.25) is 0 Å². The third-order valence-electron chi connectivity index (χ3n) is 2.27. The third kappa shape index (κ3) is 5.81. The Hall–Kier alpha value is -0.170. The molecule has 1 heterocycles. The summed E-state index contributed by atoms with van der Waals surface area (Å²) in [6, 6.07) is 1.98. The smallest absolute Gasteiger partial charge is 0.140 e. The highest BCUT2D eigenvalue weighted by atomic mass is 79.9. The van der Waals surface area contributed by atoms with Gasteiger partial charge in [-0.2, -0.15) is 0 Å². The standard InChI is InChI=1S/C11H17Br2N3O/c1-16(5-6-17-2)4-3-14-11-10(13)7-9(12)8-15-11/h7-8H,3-6H2,1-2H3,(H,14,15). The number of halogens is 2. The van der Waals surface area contributed by atoms with Crippen LogP contribution in [-0.4, -0.2) is 50.3 Å². The van der Waals surface area contributed by atoms with Crippen LogP contribution in [0.2, 0.25) is 0 Å². The Morgan fingerprint density at radius 1 is 1.41 bits per heavy atom. The first-order valence-electron chi connectivity index (χ1n) is 5.36. The molecule has 0 fully saturated rings. The molecule has 0 radical (unpaired) electrons. The second kappa shape index (κ2) is 8.02. The van der Waals surface area contributed by atoms with E-state index in [0.29, 0.717) is 0 Å². The molecule has 17 heavy (non-hydrogen) atoms. The van der Waals surface area contributed by atoms with E-state index in [1.54, 1.807) is 13.3 Å². The molecule has 1 rings (SSSR count). The third-order valence-corrected chi connectivity index (χ3v) is 3.31. The van der Waals surface area contributed by atoms with Crippen molar-refractivity contribution in [3.8, 4) is 0 Å². The monoisotopic (exact) mass is 365 g/mol. The van der Waals surface area contributed by atoms with Gasteiger partial charge >= 0.3 is 0 Å². The molecule has 0 amide bonds. The number of aromatic nitrogens is 1. The molecule has 0 bridgehead atoms. The van der Waals surface area contributed by atoms with Crippen molar-refractivity contribution in [2.24, 2.45) is 0 Å². The number of anilines is 1. The van der Waals surface area contributed by atoms with Crippen LogP contribution in [0.25, 0.3) is 0 Å². The Kier molecular flexibility index (Phi) is 7.03. The number of hydrogen-bond donors (Lipinski definition) is 1. The number of methoxy groups -OCH3 is 1. The number of hydrogen-bond acceptors (Lipinski definition) is 4. The van der Waals surface area contributed by atoms with Crippen LogP contribution in [0.15, 0.2) is 21.2 Å². The summed E-state index contributed by atoms with van der Waals surface area (Å²) in [6.07, 6.45) is 1.78. The van der Waals surface area contributed by atoms with Gasteiger partial charge < -0.3 is 15.0 Å². The van der Waals surface area contributed by atoms with Crippen molar-refractivity contribution in [3.05, 3.63) is 21.2 Å². The number of pyridine rings is 1. The second-order valence-electron chi connectivity index (χ2n) is 3.71. The van der Waals surface area contributed by atoms with Gasteiger partial charge in [0, 0.05) is 37.4 Å². The van der Waals surface area contributed by atoms with Crippen molar-refractivity contribution in [2.75, 3.05) is 45.7 Å². The molecular formula is C11H17Br2N3O. The van der Waals surface area contributed by atoms with Gasteiger partial charge in [0.15, 0.2) is 0 Å². The summed E-state index contributed by atoms with van der Waals surface area (Å²) in [5.74, 6) is 0.869. The first-order chi connectivity index (χ1) is 8.13. The zero-order valence-electron chi connectivity index (χ0n) is 10.0. The van der Waals surface area contributed by atoms with Gasteiger partial charge in [-0.15, -0.1) is 0 Å². The molecule has 0 spiro atoms. The fraction of sp³-hybridized carbons (Fsp3) is 0.545. The molecule has 0 aliphatic rings. The minimum atomic E-state index is 0.761. The molecule has 0 aliphatic heterocycles. The van der Waals surface area contributed by atoms with Crippen molar-refractivity contribution in [2.45, 2.75) is 0 Å². The predicted octanol–water partition coefficient (Wildman–Crippen LogP) is 2.60. The molecule has 0 saturated heterocycles. The molecule has 1 aromatic heterocycles. The highest BCUT2D eigenvalue weighted by Gasteiger charge is 2.02. The average Bonchev–Trinajstić information content (AvgIpc) is 2.29. The Morgan fingerprint density at radius 2 is 2.18 bits per heavy atom. The van der Waals surface area contributed by atoms with Crippen LogP contribution in [-0.2, 0) is 4.74 Å². The molecule has 0 saturated carbocycles. The zero-order valence-corrected chi connectivity index (χ0v) is 13.2. The maximum Gasteiger partial charge on any atom is 0.140 e. The largest absolute Gasteiger partial charge is 0.383 e. The lowest BCUT2D eigenvalue weighted by atomic mass is 10.4. The van der Waals surface area contributed by atoms with Gasteiger partial charge in [-0.05, 0) is 45.0 Å². The van der Waals surface area contributed by atoms with Gasteiger partial charge in [-0.1, -0.05) is 0 Å². The summed E-state index contributed by atoms with van der Waals surface area (Å²) >= 11 is 6.84. The fourth-order valence-electron chi connectivity index (χ4n) is 1.27. The Morgan fingerprint density at radius 3 is 2.82 bits per heavy atom.